The van der Waals surface area contributed by atoms with Crippen molar-refractivity contribution in [3.05, 3.63) is 59.7 Å². The molecule has 2 amide bonds. The van der Waals surface area contributed by atoms with E-state index in [0.717, 1.165) is 43.2 Å². The molecule has 4 aliphatic rings. The number of hydrogen-bond acceptors (Lipinski definition) is 9. The summed E-state index contributed by atoms with van der Waals surface area (Å²) in [5.41, 5.74) is 15.4. The van der Waals surface area contributed by atoms with Crippen LogP contribution in [0.3, 0.4) is 0 Å². The van der Waals surface area contributed by atoms with Crippen molar-refractivity contribution in [3.8, 4) is 11.1 Å². The molecule has 1 saturated heterocycles. The predicted molar refractivity (Wildman–Crippen MR) is 260 cm³/mol. The Kier molecular flexibility index (Phi) is 19.2. The summed E-state index contributed by atoms with van der Waals surface area (Å²) in [6.45, 7) is 17.6. The number of hydrogen-bond donors (Lipinski definition) is 4. The number of unbranched alkanes of at least 4 members (excludes halogenated alkanes) is 3. The van der Waals surface area contributed by atoms with Crippen LogP contribution in [0.5, 0.6) is 0 Å². The van der Waals surface area contributed by atoms with Crippen molar-refractivity contribution in [1.29, 1.82) is 0 Å². The molecule has 2 aromatic rings. The highest BCUT2D eigenvalue weighted by molar-refractivity contribution is 6.47. The zero-order valence-corrected chi connectivity index (χ0v) is 40.9. The second-order valence-electron chi connectivity index (χ2n) is 21.1. The fourth-order valence-corrected chi connectivity index (χ4v) is 10.7. The number of amides is 2. The normalized spacial score (nSPS) is 23.1. The minimum absolute atomic E-state index is 0.00760. The standard InChI is InChI=1S/C53H81BN4O7/c1-9-10-15-37-18-20-38(21-19-37)39-22-24-40(25-23-39)45(59)31-41(16-11-13-26-55)51(63)57-43(17-12-14-27-56)46(60)29-35(4)50(62)58-44(28-34(2)3)47(61)30-36(5)54-64-49-33-42-32-48(52(42,6)7)53(49,8)65-54/h18-25,34-36,41-44,48-49H,9-17,26-33,55-56H2,1-8H3,(H,57,63)(H,58,62)/t35-,36-,41+,42+,43+,44+,48+,49?,53+/m1/s1. The van der Waals surface area contributed by atoms with E-state index in [9.17, 15) is 24.0 Å². The maximum atomic E-state index is 14.0. The van der Waals surface area contributed by atoms with Gasteiger partial charge in [-0.3, -0.25) is 24.0 Å². The highest BCUT2D eigenvalue weighted by Crippen LogP contribution is 2.66. The Labute approximate surface area is 390 Å². The number of nitrogens with two attached hydrogens (primary N) is 2. The van der Waals surface area contributed by atoms with E-state index in [0.29, 0.717) is 75.4 Å². The summed E-state index contributed by atoms with van der Waals surface area (Å²) in [5.74, 6) is -1.68. The quantitative estimate of drug-likeness (QED) is 0.0369. The number of aryl methyl sites for hydroxylation is 1. The summed E-state index contributed by atoms with van der Waals surface area (Å²) in [7, 11) is -0.490. The lowest BCUT2D eigenvalue weighted by Gasteiger charge is -2.64. The van der Waals surface area contributed by atoms with E-state index in [1.54, 1.807) is 6.92 Å². The van der Waals surface area contributed by atoms with Crippen LogP contribution >= 0.6 is 0 Å². The highest BCUT2D eigenvalue weighted by Gasteiger charge is 2.68. The van der Waals surface area contributed by atoms with E-state index < -0.39 is 31.0 Å². The average Bonchev–Trinajstić information content (AvgIpc) is 3.65. The number of rotatable bonds is 28. The first-order valence-corrected chi connectivity index (χ1v) is 25.0. The van der Waals surface area contributed by atoms with Gasteiger partial charge in [-0.2, -0.15) is 0 Å². The summed E-state index contributed by atoms with van der Waals surface area (Å²) in [6.07, 6.45) is 9.47. The third-order valence-electron chi connectivity index (χ3n) is 15.1. The molecule has 1 aliphatic heterocycles. The van der Waals surface area contributed by atoms with Crippen molar-refractivity contribution in [2.24, 2.45) is 46.5 Å². The summed E-state index contributed by atoms with van der Waals surface area (Å²) < 4.78 is 13.1. The van der Waals surface area contributed by atoms with Gasteiger partial charge in [-0.05, 0) is 130 Å². The van der Waals surface area contributed by atoms with Crippen LogP contribution in [0.2, 0.25) is 5.82 Å². The fraction of sp³-hybridized carbons (Fsp3) is 0.679. The van der Waals surface area contributed by atoms with E-state index in [1.165, 1.54) is 5.56 Å². The zero-order chi connectivity index (χ0) is 47.5. The minimum Gasteiger partial charge on any atom is -0.405 e. The van der Waals surface area contributed by atoms with Crippen molar-refractivity contribution in [2.75, 3.05) is 13.1 Å². The van der Waals surface area contributed by atoms with Crippen molar-refractivity contribution >= 4 is 36.3 Å². The molecule has 6 N–H and O–H groups in total. The summed E-state index contributed by atoms with van der Waals surface area (Å²) >= 11 is 0. The maximum Gasteiger partial charge on any atom is 0.461 e. The molecule has 65 heavy (non-hydrogen) atoms. The Hall–Kier alpha value is -3.71. The van der Waals surface area contributed by atoms with Crippen LogP contribution in [0.4, 0.5) is 0 Å². The molecule has 3 aliphatic carbocycles. The molecule has 1 unspecified atom stereocenters. The molecule has 9 atom stereocenters. The minimum atomic E-state index is -0.855. The number of carbonyl (C=O) groups excluding carboxylic acids is 5. The lowest BCUT2D eigenvalue weighted by Crippen LogP contribution is -2.65. The van der Waals surface area contributed by atoms with E-state index in [-0.39, 0.29) is 77.3 Å². The van der Waals surface area contributed by atoms with Crippen molar-refractivity contribution in [1.82, 2.24) is 10.6 Å². The van der Waals surface area contributed by atoms with E-state index >= 15 is 0 Å². The van der Waals surface area contributed by atoms with Crippen molar-refractivity contribution in [3.63, 3.8) is 0 Å². The van der Waals surface area contributed by atoms with Crippen molar-refractivity contribution < 1.29 is 33.3 Å². The van der Waals surface area contributed by atoms with Crippen LogP contribution in [0.15, 0.2) is 48.5 Å². The number of nitrogens with one attached hydrogen (secondary N) is 2. The van der Waals surface area contributed by atoms with Crippen LogP contribution in [0, 0.1) is 35.0 Å². The van der Waals surface area contributed by atoms with Gasteiger partial charge in [-0.15, -0.1) is 0 Å². The maximum absolute atomic E-state index is 14.0. The van der Waals surface area contributed by atoms with Crippen LogP contribution in [0.1, 0.15) is 161 Å². The molecule has 3 saturated carbocycles. The molecule has 11 nitrogen and oxygen atoms in total. The lowest BCUT2D eigenvalue weighted by atomic mass is 9.43. The van der Waals surface area contributed by atoms with Gasteiger partial charge in [0.05, 0.1) is 23.8 Å². The fourth-order valence-electron chi connectivity index (χ4n) is 10.7. The molecular weight excluding hydrogens is 815 g/mol. The van der Waals surface area contributed by atoms with Crippen LogP contribution in [0.25, 0.3) is 11.1 Å². The Bertz CT molecular complexity index is 1900. The largest absolute Gasteiger partial charge is 0.461 e. The first-order chi connectivity index (χ1) is 30.9. The van der Waals surface area contributed by atoms with Gasteiger partial charge in [0.1, 0.15) is 0 Å². The van der Waals surface area contributed by atoms with Crippen LogP contribution < -0.4 is 22.1 Å². The molecule has 358 valence electrons. The number of benzene rings is 2. The molecule has 0 spiro atoms. The third-order valence-corrected chi connectivity index (χ3v) is 15.1. The first-order valence-electron chi connectivity index (χ1n) is 25.0. The second-order valence-corrected chi connectivity index (χ2v) is 21.1. The van der Waals surface area contributed by atoms with Crippen molar-refractivity contribution in [2.45, 2.75) is 181 Å². The Morgan fingerprint density at radius 3 is 1.94 bits per heavy atom. The Morgan fingerprint density at radius 2 is 1.34 bits per heavy atom. The topological polar surface area (TPSA) is 180 Å². The smallest absolute Gasteiger partial charge is 0.405 e. The van der Waals surface area contributed by atoms with Gasteiger partial charge in [0.2, 0.25) is 11.8 Å². The molecule has 0 radical (unpaired) electrons. The molecule has 4 fully saturated rings. The van der Waals surface area contributed by atoms with Gasteiger partial charge in [0.25, 0.3) is 0 Å². The first kappa shape index (κ1) is 52.3. The van der Waals surface area contributed by atoms with Crippen LogP contribution in [-0.4, -0.2) is 73.2 Å². The second kappa shape index (κ2) is 23.8. The lowest BCUT2D eigenvalue weighted by molar-refractivity contribution is -0.199. The van der Waals surface area contributed by atoms with E-state index in [1.807, 2.05) is 45.0 Å². The molecule has 1 heterocycles. The molecule has 2 bridgehead atoms. The van der Waals surface area contributed by atoms with Crippen LogP contribution in [-0.2, 0) is 34.9 Å². The van der Waals surface area contributed by atoms with Gasteiger partial charge in [0, 0.05) is 36.7 Å². The monoisotopic (exact) mass is 897 g/mol. The predicted octanol–water partition coefficient (Wildman–Crippen LogP) is 8.83. The molecule has 12 heteroatoms. The molecular formula is C53H81BN4O7. The summed E-state index contributed by atoms with van der Waals surface area (Å²) in [6, 6.07) is 14.5. The van der Waals surface area contributed by atoms with Gasteiger partial charge in [0.15, 0.2) is 17.3 Å². The zero-order valence-electron chi connectivity index (χ0n) is 40.9. The Balaban J connectivity index is 1.19. The molecule has 6 rings (SSSR count). The summed E-state index contributed by atoms with van der Waals surface area (Å²) in [5, 5.41) is 5.99. The van der Waals surface area contributed by atoms with E-state index in [4.69, 9.17) is 20.8 Å². The average molecular weight is 897 g/mol. The molecule has 2 aromatic carbocycles. The highest BCUT2D eigenvalue weighted by atomic mass is 16.7. The van der Waals surface area contributed by atoms with E-state index in [2.05, 4.69) is 62.6 Å². The molecule has 0 aromatic heterocycles. The van der Waals surface area contributed by atoms with Gasteiger partial charge < -0.3 is 31.4 Å². The third kappa shape index (κ3) is 13.5. The van der Waals surface area contributed by atoms with Gasteiger partial charge in [-0.1, -0.05) is 110 Å². The summed E-state index contributed by atoms with van der Waals surface area (Å²) in [4.78, 5) is 69.5. The van der Waals surface area contributed by atoms with Gasteiger partial charge in [-0.25, -0.2) is 0 Å². The number of ketones is 3. The number of carbonyl (C=O) groups is 5. The number of Topliss-reactive ketones (excluding diaryl/α,β-unsaturated/α-hetero) is 3. The Morgan fingerprint density at radius 1 is 0.738 bits per heavy atom. The SMILES string of the molecule is CCCCc1ccc(-c2ccc(C(=O)C[C@H](CCCCN)C(=O)N[C@@H](CCCCN)C(=O)C[C@@H](C)C(=O)N[C@@H](CC(C)C)C(=O)C[C@@H](C)B3OC4C[C@@H]5C[C@@H](C5(C)C)[C@]4(C)O3)cc2)cc1. The van der Waals surface area contributed by atoms with Gasteiger partial charge >= 0.3 is 7.12 Å².